The smallest absolute Gasteiger partial charge is 0.262 e. The first-order valence-corrected chi connectivity index (χ1v) is 11.7. The van der Waals surface area contributed by atoms with E-state index in [2.05, 4.69) is 15.8 Å². The van der Waals surface area contributed by atoms with Crippen LogP contribution in [-0.4, -0.2) is 17.8 Å². The summed E-state index contributed by atoms with van der Waals surface area (Å²) in [6.45, 7) is 0. The van der Waals surface area contributed by atoms with Gasteiger partial charge in [-0.05, 0) is 65.1 Å². The molecule has 0 fully saturated rings. The topological polar surface area (TPSA) is 63.5 Å². The molecule has 1 aliphatic rings. The van der Waals surface area contributed by atoms with E-state index in [1.807, 2.05) is 65.3 Å². The Kier molecular flexibility index (Phi) is 3.91. The van der Waals surface area contributed by atoms with Gasteiger partial charge < -0.3 is 4.40 Å². The molecule has 0 amide bonds. The van der Waals surface area contributed by atoms with E-state index in [9.17, 15) is 8.42 Å². The minimum atomic E-state index is -3.68. The molecule has 6 heteroatoms. The van der Waals surface area contributed by atoms with Gasteiger partial charge >= 0.3 is 0 Å². The largest absolute Gasteiger partial charge is 0.306 e. The van der Waals surface area contributed by atoms with Crippen molar-refractivity contribution in [2.45, 2.75) is 17.7 Å². The average Bonchev–Trinajstić information content (AvgIpc) is 3.40. The number of aryl methyl sites for hydroxylation is 2. The molecule has 6 rings (SSSR count). The number of benzene rings is 3. The molecule has 31 heavy (non-hydrogen) atoms. The molecule has 5 aromatic rings. The van der Waals surface area contributed by atoms with Crippen LogP contribution in [0.4, 0.5) is 5.69 Å². The number of nitrogens with zero attached hydrogens (tertiary/aromatic N) is 2. The zero-order valence-electron chi connectivity index (χ0n) is 16.6. The number of anilines is 1. The van der Waals surface area contributed by atoms with Crippen LogP contribution < -0.4 is 4.72 Å². The third kappa shape index (κ3) is 2.99. The van der Waals surface area contributed by atoms with Crippen molar-refractivity contribution in [1.29, 1.82) is 0 Å². The van der Waals surface area contributed by atoms with Gasteiger partial charge in [-0.3, -0.25) is 4.72 Å². The molecule has 3 aromatic carbocycles. The summed E-state index contributed by atoms with van der Waals surface area (Å²) < 4.78 is 31.1. The number of nitrogens with one attached hydrogen (secondary N) is 1. The summed E-state index contributed by atoms with van der Waals surface area (Å²) >= 11 is 0. The minimum absolute atomic E-state index is 0.370. The highest BCUT2D eigenvalue weighted by atomic mass is 32.2. The highest BCUT2D eigenvalue weighted by molar-refractivity contribution is 7.92. The van der Waals surface area contributed by atoms with Crippen molar-refractivity contribution in [2.75, 3.05) is 4.72 Å². The van der Waals surface area contributed by atoms with E-state index in [1.54, 1.807) is 18.2 Å². The number of aromatic nitrogens is 2. The van der Waals surface area contributed by atoms with E-state index in [4.69, 9.17) is 0 Å². The lowest BCUT2D eigenvalue weighted by atomic mass is 10.1. The standard InChI is InChI=1S/C25H19N3O2S/c29-31(30,23-14-10-19-5-3-4-18-9-13-21(23)25(18)19)27-20-11-7-17(8-12-20)22-16-28-15-2-1-6-24(28)26-22/h1-8,10-12,14-16,27H,9,13H2. The predicted octanol–water partition coefficient (Wildman–Crippen LogP) is 5.05. The molecule has 0 aliphatic heterocycles. The van der Waals surface area contributed by atoms with Crippen LogP contribution >= 0.6 is 0 Å². The fraction of sp³-hybridized carbons (Fsp3) is 0.0800. The maximum Gasteiger partial charge on any atom is 0.262 e. The predicted molar refractivity (Wildman–Crippen MR) is 123 cm³/mol. The fourth-order valence-corrected chi connectivity index (χ4v) is 5.81. The number of imidazole rings is 1. The Morgan fingerprint density at radius 3 is 2.58 bits per heavy atom. The van der Waals surface area contributed by atoms with Crippen LogP contribution in [0.15, 0.2) is 90.1 Å². The summed E-state index contributed by atoms with van der Waals surface area (Å²) in [5.74, 6) is 0. The Hall–Kier alpha value is -3.64. The van der Waals surface area contributed by atoms with Crippen LogP contribution in [-0.2, 0) is 22.9 Å². The second kappa shape index (κ2) is 6.68. The molecular weight excluding hydrogens is 406 g/mol. The van der Waals surface area contributed by atoms with Crippen molar-refractivity contribution in [3.63, 3.8) is 0 Å². The summed E-state index contributed by atoms with van der Waals surface area (Å²) in [7, 11) is -3.68. The second-order valence-electron chi connectivity index (χ2n) is 7.83. The monoisotopic (exact) mass is 425 g/mol. The van der Waals surface area contributed by atoms with Gasteiger partial charge in [0.05, 0.1) is 10.6 Å². The molecule has 2 heterocycles. The van der Waals surface area contributed by atoms with Gasteiger partial charge in [-0.1, -0.05) is 42.5 Å². The van der Waals surface area contributed by atoms with Crippen LogP contribution in [0, 0.1) is 0 Å². The molecule has 0 saturated heterocycles. The third-order valence-corrected chi connectivity index (χ3v) is 7.39. The SMILES string of the molecule is O=S(=O)(Nc1ccc(-c2cn3ccccc3n2)cc1)c1ccc2cccc3c2c1CC3. The number of sulfonamides is 1. The number of rotatable bonds is 4. The van der Waals surface area contributed by atoms with Crippen molar-refractivity contribution in [1.82, 2.24) is 9.38 Å². The number of fused-ring (bicyclic) bond motifs is 1. The van der Waals surface area contributed by atoms with E-state index in [0.29, 0.717) is 10.6 Å². The van der Waals surface area contributed by atoms with E-state index >= 15 is 0 Å². The van der Waals surface area contributed by atoms with Gasteiger partial charge in [0.25, 0.3) is 10.0 Å². The van der Waals surface area contributed by atoms with Gasteiger partial charge in [0.15, 0.2) is 0 Å². The Morgan fingerprint density at radius 1 is 0.871 bits per heavy atom. The summed E-state index contributed by atoms with van der Waals surface area (Å²) in [5, 5.41) is 2.19. The highest BCUT2D eigenvalue weighted by Crippen LogP contribution is 2.35. The average molecular weight is 426 g/mol. The lowest BCUT2D eigenvalue weighted by Crippen LogP contribution is -2.14. The van der Waals surface area contributed by atoms with Gasteiger partial charge in [0.2, 0.25) is 0 Å². The van der Waals surface area contributed by atoms with Gasteiger partial charge in [0.1, 0.15) is 5.65 Å². The zero-order chi connectivity index (χ0) is 21.0. The summed E-state index contributed by atoms with van der Waals surface area (Å²) in [5.41, 5.74) is 5.32. The number of hydrogen-bond acceptors (Lipinski definition) is 3. The fourth-order valence-electron chi connectivity index (χ4n) is 4.48. The summed E-state index contributed by atoms with van der Waals surface area (Å²) in [6.07, 6.45) is 5.54. The van der Waals surface area contributed by atoms with E-state index < -0.39 is 10.0 Å². The Bertz CT molecular complexity index is 1540. The molecule has 2 aromatic heterocycles. The van der Waals surface area contributed by atoms with Crippen molar-refractivity contribution >= 4 is 32.1 Å². The first-order chi connectivity index (χ1) is 15.1. The lowest BCUT2D eigenvalue weighted by molar-refractivity contribution is 0.600. The molecule has 0 bridgehead atoms. The zero-order valence-corrected chi connectivity index (χ0v) is 17.4. The molecule has 0 atom stereocenters. The van der Waals surface area contributed by atoms with Gasteiger partial charge in [0, 0.05) is 23.6 Å². The van der Waals surface area contributed by atoms with Crippen molar-refractivity contribution < 1.29 is 8.42 Å². The Balaban J connectivity index is 1.32. The first kappa shape index (κ1) is 18.2. The molecule has 152 valence electrons. The molecule has 0 saturated carbocycles. The Labute approximate surface area is 180 Å². The molecule has 0 unspecified atom stereocenters. The van der Waals surface area contributed by atoms with Crippen LogP contribution in [0.3, 0.4) is 0 Å². The van der Waals surface area contributed by atoms with Gasteiger partial charge in [-0.15, -0.1) is 0 Å². The molecule has 1 N–H and O–H groups in total. The third-order valence-electron chi connectivity index (χ3n) is 5.93. The van der Waals surface area contributed by atoms with E-state index in [-0.39, 0.29) is 0 Å². The quantitative estimate of drug-likeness (QED) is 0.438. The molecule has 0 spiro atoms. The highest BCUT2D eigenvalue weighted by Gasteiger charge is 2.25. The van der Waals surface area contributed by atoms with Crippen LogP contribution in [0.2, 0.25) is 0 Å². The minimum Gasteiger partial charge on any atom is -0.306 e. The van der Waals surface area contributed by atoms with Gasteiger partial charge in [-0.2, -0.15) is 0 Å². The molecule has 0 radical (unpaired) electrons. The normalized spacial score (nSPS) is 13.2. The van der Waals surface area contributed by atoms with Gasteiger partial charge in [-0.25, -0.2) is 13.4 Å². The maximum atomic E-state index is 13.2. The molecule has 1 aliphatic carbocycles. The second-order valence-corrected chi connectivity index (χ2v) is 9.48. The molecular formula is C25H19N3O2S. The van der Waals surface area contributed by atoms with E-state index in [0.717, 1.165) is 46.1 Å². The number of hydrogen-bond donors (Lipinski definition) is 1. The number of pyridine rings is 1. The lowest BCUT2D eigenvalue weighted by Gasteiger charge is -2.12. The van der Waals surface area contributed by atoms with Crippen molar-refractivity contribution in [3.05, 3.63) is 96.3 Å². The van der Waals surface area contributed by atoms with Crippen molar-refractivity contribution in [3.8, 4) is 11.3 Å². The van der Waals surface area contributed by atoms with Crippen LogP contribution in [0.25, 0.3) is 27.7 Å². The van der Waals surface area contributed by atoms with Crippen LogP contribution in [0.1, 0.15) is 11.1 Å². The maximum absolute atomic E-state index is 13.2. The molecule has 5 nitrogen and oxygen atoms in total. The first-order valence-electron chi connectivity index (χ1n) is 10.2. The van der Waals surface area contributed by atoms with E-state index in [1.165, 1.54) is 5.56 Å². The Morgan fingerprint density at radius 2 is 1.74 bits per heavy atom. The van der Waals surface area contributed by atoms with Crippen LogP contribution in [0.5, 0.6) is 0 Å². The summed E-state index contributed by atoms with van der Waals surface area (Å²) in [4.78, 5) is 4.99. The van der Waals surface area contributed by atoms with Crippen molar-refractivity contribution in [2.24, 2.45) is 0 Å². The summed E-state index contributed by atoms with van der Waals surface area (Å²) in [6, 6.07) is 23.0.